The number of nitrogens with zero attached hydrogens (tertiary/aromatic N) is 2. The molecule has 0 atom stereocenters. The van der Waals surface area contributed by atoms with Crippen molar-refractivity contribution in [2.24, 2.45) is 0 Å². The van der Waals surface area contributed by atoms with Crippen molar-refractivity contribution in [1.29, 1.82) is 0 Å². The summed E-state index contributed by atoms with van der Waals surface area (Å²) in [4.78, 5) is 26.1. The van der Waals surface area contributed by atoms with Crippen molar-refractivity contribution in [2.75, 3.05) is 28.7 Å². The Bertz CT molecular complexity index is 2380. The number of carbonyl (C=O) groups is 2. The van der Waals surface area contributed by atoms with Gasteiger partial charge in [-0.15, -0.1) is 0 Å². The van der Waals surface area contributed by atoms with Crippen LogP contribution in [0, 0.1) is 0 Å². The van der Waals surface area contributed by atoms with E-state index in [4.69, 9.17) is 51.1 Å². The van der Waals surface area contributed by atoms with E-state index >= 15 is 0 Å². The Morgan fingerprint density at radius 2 is 0.981 bits per heavy atom. The first kappa shape index (κ1) is 40.2. The summed E-state index contributed by atoms with van der Waals surface area (Å²) in [5.41, 5.74) is -3.16. The number of methoxy groups -OCH3 is 1. The smallest absolute Gasteiger partial charge is 0.416 e. The maximum Gasteiger partial charge on any atom is 0.416 e. The SMILES string of the molecule is COc1c(Cl)cc(C(=O)N2CS(=O)(=O)c3ccc(C(F)(F)F)cc32)cc1Cl.O=C(c1cc(Cl)c(O)c(Cl)c1)N1CS(=O)(=O)c2ccc(C(F)(F)F)cc21. The molecule has 0 saturated heterocycles. The average molecular weight is 866 g/mol. The first-order valence-electron chi connectivity index (χ1n) is 14.1. The van der Waals surface area contributed by atoms with E-state index in [1.54, 1.807) is 0 Å². The van der Waals surface area contributed by atoms with E-state index in [0.29, 0.717) is 29.2 Å². The number of fused-ring (bicyclic) bond motifs is 2. The van der Waals surface area contributed by atoms with Crippen LogP contribution in [-0.4, -0.2) is 52.6 Å². The van der Waals surface area contributed by atoms with Crippen LogP contribution >= 0.6 is 46.4 Å². The molecule has 282 valence electrons. The fraction of sp³-hybridized carbons (Fsp3) is 0.161. The zero-order valence-electron chi connectivity index (χ0n) is 26.0. The third-order valence-corrected chi connectivity index (χ3v) is 12.0. The highest BCUT2D eigenvalue weighted by atomic mass is 35.5. The van der Waals surface area contributed by atoms with Crippen LogP contribution < -0.4 is 14.5 Å². The normalized spacial score (nSPS) is 15.7. The molecule has 22 heteroatoms. The van der Waals surface area contributed by atoms with Gasteiger partial charge in [-0.05, 0) is 60.7 Å². The van der Waals surface area contributed by atoms with Crippen LogP contribution in [0.4, 0.5) is 37.7 Å². The van der Waals surface area contributed by atoms with Gasteiger partial charge in [-0.1, -0.05) is 46.4 Å². The van der Waals surface area contributed by atoms with Crippen molar-refractivity contribution in [1.82, 2.24) is 0 Å². The van der Waals surface area contributed by atoms with Gasteiger partial charge in [0.1, 0.15) is 11.8 Å². The summed E-state index contributed by atoms with van der Waals surface area (Å²) in [5.74, 6) is -3.75. The zero-order chi connectivity index (χ0) is 39.6. The molecule has 0 spiro atoms. The largest absolute Gasteiger partial charge is 0.505 e. The Hall–Kier alpha value is -3.94. The number of carbonyl (C=O) groups excluding carboxylic acids is 2. The average Bonchev–Trinajstić information content (AvgIpc) is 3.49. The van der Waals surface area contributed by atoms with E-state index < -0.39 is 72.5 Å². The first-order chi connectivity index (χ1) is 24.4. The molecule has 0 fully saturated rings. The highest BCUT2D eigenvalue weighted by Crippen LogP contribution is 2.43. The molecule has 10 nitrogen and oxygen atoms in total. The zero-order valence-corrected chi connectivity index (χ0v) is 30.6. The molecule has 0 bridgehead atoms. The van der Waals surface area contributed by atoms with Crippen molar-refractivity contribution >= 4 is 89.3 Å². The number of anilines is 2. The lowest BCUT2D eigenvalue weighted by Gasteiger charge is -2.18. The van der Waals surface area contributed by atoms with E-state index in [2.05, 4.69) is 0 Å². The van der Waals surface area contributed by atoms with Crippen molar-refractivity contribution in [3.05, 3.63) is 103 Å². The summed E-state index contributed by atoms with van der Waals surface area (Å²) >= 11 is 23.4. The van der Waals surface area contributed by atoms with Gasteiger partial charge in [0.25, 0.3) is 11.8 Å². The molecule has 4 aromatic carbocycles. The van der Waals surface area contributed by atoms with Gasteiger partial charge in [-0.2, -0.15) is 26.3 Å². The van der Waals surface area contributed by atoms with Crippen LogP contribution in [0.15, 0.2) is 70.5 Å². The number of hydrogen-bond donors (Lipinski definition) is 1. The van der Waals surface area contributed by atoms with Gasteiger partial charge in [0, 0.05) is 11.1 Å². The Morgan fingerprint density at radius 3 is 1.30 bits per heavy atom. The van der Waals surface area contributed by atoms with Gasteiger partial charge in [0.05, 0.1) is 59.5 Å². The number of phenolic OH excluding ortho intramolecular Hbond substituents is 1. The fourth-order valence-corrected chi connectivity index (χ4v) is 9.29. The summed E-state index contributed by atoms with van der Waals surface area (Å²) in [6.07, 6.45) is -9.40. The van der Waals surface area contributed by atoms with Crippen LogP contribution in [0.1, 0.15) is 31.8 Å². The molecule has 2 heterocycles. The number of aromatic hydroxyl groups is 1. The van der Waals surface area contributed by atoms with Crippen molar-refractivity contribution in [3.63, 3.8) is 0 Å². The van der Waals surface area contributed by atoms with Crippen molar-refractivity contribution in [3.8, 4) is 11.5 Å². The van der Waals surface area contributed by atoms with E-state index in [-0.39, 0.29) is 58.1 Å². The number of alkyl halides is 6. The molecule has 4 aromatic rings. The molecular formula is C31H18Cl4F6N2O8S2. The van der Waals surface area contributed by atoms with E-state index in [1.165, 1.54) is 19.2 Å². The minimum absolute atomic E-state index is 0.000306. The van der Waals surface area contributed by atoms with E-state index in [9.17, 15) is 57.9 Å². The third-order valence-electron chi connectivity index (χ3n) is 7.63. The summed E-state index contributed by atoms with van der Waals surface area (Å²) in [6.45, 7) is 0. The van der Waals surface area contributed by atoms with Crippen LogP contribution in [0.25, 0.3) is 0 Å². The highest BCUT2D eigenvalue weighted by Gasteiger charge is 2.41. The summed E-state index contributed by atoms with van der Waals surface area (Å²) in [6, 6.07) is 8.68. The highest BCUT2D eigenvalue weighted by molar-refractivity contribution is 7.92. The molecule has 0 unspecified atom stereocenters. The molecule has 0 radical (unpaired) electrons. The molecule has 6 rings (SSSR count). The monoisotopic (exact) mass is 864 g/mol. The Labute approximate surface area is 315 Å². The lowest BCUT2D eigenvalue weighted by atomic mass is 10.1. The van der Waals surface area contributed by atoms with Crippen molar-refractivity contribution < 1.29 is 62.6 Å². The predicted octanol–water partition coefficient (Wildman–Crippen LogP) is 8.52. The number of benzene rings is 4. The van der Waals surface area contributed by atoms with Gasteiger partial charge >= 0.3 is 12.4 Å². The summed E-state index contributed by atoms with van der Waals surface area (Å²) < 4.78 is 132. The summed E-state index contributed by atoms with van der Waals surface area (Å²) in [5, 5.41) is 9.02. The number of ether oxygens (including phenoxy) is 1. The van der Waals surface area contributed by atoms with Gasteiger partial charge in [-0.25, -0.2) is 16.8 Å². The molecule has 53 heavy (non-hydrogen) atoms. The molecule has 0 saturated carbocycles. The molecule has 2 aliphatic heterocycles. The van der Waals surface area contributed by atoms with Crippen LogP contribution in [0.5, 0.6) is 11.5 Å². The quantitative estimate of drug-likeness (QED) is 0.203. The number of phenols is 1. The Morgan fingerprint density at radius 1 is 0.642 bits per heavy atom. The third kappa shape index (κ3) is 7.84. The van der Waals surface area contributed by atoms with Gasteiger partial charge in [0.15, 0.2) is 31.2 Å². The second kappa shape index (κ2) is 14.0. The lowest BCUT2D eigenvalue weighted by Crippen LogP contribution is -2.30. The maximum absolute atomic E-state index is 13.0. The lowest BCUT2D eigenvalue weighted by molar-refractivity contribution is -0.138. The number of sulfone groups is 2. The summed E-state index contributed by atoms with van der Waals surface area (Å²) in [7, 11) is -6.62. The number of rotatable bonds is 3. The Balaban J connectivity index is 0.000000204. The first-order valence-corrected chi connectivity index (χ1v) is 18.9. The molecule has 0 aliphatic carbocycles. The van der Waals surface area contributed by atoms with Crippen LogP contribution in [-0.2, 0) is 32.0 Å². The Kier molecular flexibility index (Phi) is 10.7. The number of amides is 2. The fourth-order valence-electron chi connectivity index (χ4n) is 5.17. The van der Waals surface area contributed by atoms with Gasteiger partial charge < -0.3 is 9.84 Å². The van der Waals surface area contributed by atoms with Crippen molar-refractivity contribution in [2.45, 2.75) is 22.1 Å². The van der Waals surface area contributed by atoms with E-state index in [0.717, 1.165) is 29.2 Å². The molecule has 2 aliphatic rings. The number of hydrogen-bond acceptors (Lipinski definition) is 8. The second-order valence-electron chi connectivity index (χ2n) is 11.1. The van der Waals surface area contributed by atoms with Crippen LogP contribution in [0.3, 0.4) is 0 Å². The topological polar surface area (TPSA) is 138 Å². The molecule has 0 aromatic heterocycles. The molecular weight excluding hydrogens is 848 g/mol. The van der Waals surface area contributed by atoms with E-state index in [1.807, 2.05) is 0 Å². The van der Waals surface area contributed by atoms with Gasteiger partial charge in [0.2, 0.25) is 0 Å². The standard InChI is InChI=1S/C16H10Cl2F3NO4S.C15H8Cl2F3NO4S/c1-26-14-10(17)4-8(5-11(14)18)15(23)22-7-27(24,25)13-3-2-9(6-12(13)22)16(19,20)21;16-9-3-7(4-10(17)13(9)22)14(23)21-6-26(24,25)12-2-1-8(5-11(12)21)15(18,19)20/h2-6H,7H2,1H3;1-5,22H,6H2. The number of halogens is 10. The second-order valence-corrected chi connectivity index (χ2v) is 16.6. The molecule has 2 amide bonds. The molecule has 1 N–H and O–H groups in total. The van der Waals surface area contributed by atoms with Gasteiger partial charge in [-0.3, -0.25) is 19.4 Å². The predicted molar refractivity (Wildman–Crippen MR) is 182 cm³/mol. The minimum atomic E-state index is -4.71. The minimum Gasteiger partial charge on any atom is -0.505 e. The maximum atomic E-state index is 13.0. The van der Waals surface area contributed by atoms with Crippen LogP contribution in [0.2, 0.25) is 20.1 Å².